The van der Waals surface area contributed by atoms with E-state index in [1.165, 1.54) is 123 Å². The monoisotopic (exact) mass is 508 g/mol. The number of rotatable bonds is 11. The van der Waals surface area contributed by atoms with Crippen LogP contribution in [-0.2, 0) is 6.42 Å². The Morgan fingerprint density at radius 3 is 1.81 bits per heavy atom. The third-order valence-corrected chi connectivity index (χ3v) is 9.91. The van der Waals surface area contributed by atoms with Gasteiger partial charge in [0.1, 0.15) is 0 Å². The summed E-state index contributed by atoms with van der Waals surface area (Å²) in [5.74, 6) is 0. The first-order chi connectivity index (χ1) is 17.8. The molecule has 2 aromatic heterocycles. The van der Waals surface area contributed by atoms with Crippen molar-refractivity contribution in [2.24, 2.45) is 0 Å². The highest BCUT2D eigenvalue weighted by Gasteiger charge is 2.10. The van der Waals surface area contributed by atoms with Crippen molar-refractivity contribution in [2.75, 3.05) is 0 Å². The third-order valence-electron chi connectivity index (χ3n) is 7.87. The van der Waals surface area contributed by atoms with Crippen LogP contribution in [0.15, 0.2) is 66.0 Å². The van der Waals surface area contributed by atoms with Crippen LogP contribution >= 0.6 is 22.7 Å². The standard InChI is InChI=1S/C34H36S2/c1-2-3-4-5-6-7-8-9-10-11-12-28-21-27-20-25-14-16-29-30(32(25)23-34(27)36-28)15-13-24-19-26-17-18-35-33(26)22-31(24)29/h13-23H,2-12H2,1H3. The van der Waals surface area contributed by atoms with Gasteiger partial charge >= 0.3 is 0 Å². The molecule has 2 heteroatoms. The lowest BCUT2D eigenvalue weighted by atomic mass is 9.96. The molecular formula is C34H36S2. The summed E-state index contributed by atoms with van der Waals surface area (Å²) in [7, 11) is 0. The van der Waals surface area contributed by atoms with E-state index in [-0.39, 0.29) is 0 Å². The molecule has 0 aliphatic heterocycles. The molecule has 0 amide bonds. The molecule has 0 aliphatic rings. The second-order valence-electron chi connectivity index (χ2n) is 10.5. The molecule has 0 saturated heterocycles. The van der Waals surface area contributed by atoms with E-state index >= 15 is 0 Å². The van der Waals surface area contributed by atoms with Crippen molar-refractivity contribution in [3.8, 4) is 0 Å². The van der Waals surface area contributed by atoms with Gasteiger partial charge in [0.2, 0.25) is 0 Å². The summed E-state index contributed by atoms with van der Waals surface area (Å²) < 4.78 is 2.81. The maximum Gasteiger partial charge on any atom is 0.0352 e. The molecule has 0 N–H and O–H groups in total. The minimum Gasteiger partial charge on any atom is -0.144 e. The van der Waals surface area contributed by atoms with Crippen molar-refractivity contribution >= 4 is 75.2 Å². The van der Waals surface area contributed by atoms with E-state index in [9.17, 15) is 0 Å². The number of benzene rings is 4. The van der Waals surface area contributed by atoms with Crippen molar-refractivity contribution in [1.29, 1.82) is 0 Å². The average molecular weight is 509 g/mol. The second kappa shape index (κ2) is 10.9. The molecule has 0 fully saturated rings. The highest BCUT2D eigenvalue weighted by molar-refractivity contribution is 7.19. The summed E-state index contributed by atoms with van der Waals surface area (Å²) >= 11 is 3.84. The molecule has 184 valence electrons. The Labute approximate surface area is 222 Å². The van der Waals surface area contributed by atoms with Crippen LogP contribution in [0, 0.1) is 0 Å². The molecule has 0 nitrogen and oxygen atoms in total. The maximum absolute atomic E-state index is 2.45. The number of thiophene rings is 2. The summed E-state index contributed by atoms with van der Waals surface area (Å²) in [5.41, 5.74) is 0. The summed E-state index contributed by atoms with van der Waals surface area (Å²) in [6, 6.07) is 23.6. The van der Waals surface area contributed by atoms with Crippen LogP contribution in [0.3, 0.4) is 0 Å². The molecular weight excluding hydrogens is 473 g/mol. The van der Waals surface area contributed by atoms with Gasteiger partial charge in [-0.2, -0.15) is 0 Å². The highest BCUT2D eigenvalue weighted by atomic mass is 32.1. The zero-order chi connectivity index (χ0) is 24.3. The van der Waals surface area contributed by atoms with Crippen LogP contribution in [0.2, 0.25) is 0 Å². The predicted molar refractivity (Wildman–Crippen MR) is 165 cm³/mol. The van der Waals surface area contributed by atoms with Crippen molar-refractivity contribution < 1.29 is 0 Å². The van der Waals surface area contributed by atoms with E-state index in [2.05, 4.69) is 73.0 Å². The lowest BCUT2D eigenvalue weighted by Crippen LogP contribution is -1.84. The molecule has 0 bridgehead atoms. The predicted octanol–water partition coefficient (Wildman–Crippen LogP) is 12.0. The number of unbranched alkanes of at least 4 members (excludes halogenated alkanes) is 9. The zero-order valence-corrected chi connectivity index (χ0v) is 23.1. The van der Waals surface area contributed by atoms with E-state index in [0.717, 1.165) is 0 Å². The molecule has 0 aliphatic carbocycles. The van der Waals surface area contributed by atoms with Crippen molar-refractivity contribution in [2.45, 2.75) is 77.6 Å². The first-order valence-corrected chi connectivity index (χ1v) is 15.7. The molecule has 6 aromatic rings. The first-order valence-electron chi connectivity index (χ1n) is 14.0. The van der Waals surface area contributed by atoms with E-state index in [0.29, 0.717) is 0 Å². The Balaban J connectivity index is 1.17. The number of fused-ring (bicyclic) bond motifs is 7. The molecule has 0 spiro atoms. The van der Waals surface area contributed by atoms with Gasteiger partial charge in [0.15, 0.2) is 0 Å². The SMILES string of the molecule is CCCCCCCCCCCCc1cc2cc3ccc4c5cc6sccc6cc5ccc4c3cc2s1. The lowest BCUT2D eigenvalue weighted by molar-refractivity contribution is 0.557. The fraction of sp³-hybridized carbons (Fsp3) is 0.353. The van der Waals surface area contributed by atoms with E-state index in [4.69, 9.17) is 0 Å². The number of aryl methyl sites for hydroxylation is 1. The fourth-order valence-corrected chi connectivity index (χ4v) is 7.77. The zero-order valence-electron chi connectivity index (χ0n) is 21.4. The molecule has 0 atom stereocenters. The van der Waals surface area contributed by atoms with Gasteiger partial charge in [-0.25, -0.2) is 0 Å². The summed E-state index contributed by atoms with van der Waals surface area (Å²) in [5, 5.41) is 13.2. The van der Waals surface area contributed by atoms with E-state index in [1.807, 2.05) is 22.7 Å². The van der Waals surface area contributed by atoms with Gasteiger partial charge in [-0.1, -0.05) is 89.0 Å². The molecule has 36 heavy (non-hydrogen) atoms. The van der Waals surface area contributed by atoms with Gasteiger partial charge in [0.05, 0.1) is 0 Å². The van der Waals surface area contributed by atoms with Gasteiger partial charge in [0, 0.05) is 14.3 Å². The Bertz CT molecular complexity index is 1630. The molecule has 0 saturated carbocycles. The molecule has 0 radical (unpaired) electrons. The summed E-state index contributed by atoms with van der Waals surface area (Å²) in [4.78, 5) is 1.55. The van der Waals surface area contributed by atoms with E-state index in [1.54, 1.807) is 4.88 Å². The topological polar surface area (TPSA) is 0 Å². The van der Waals surface area contributed by atoms with Gasteiger partial charge in [-0.05, 0) is 97.7 Å². The van der Waals surface area contributed by atoms with Crippen LogP contribution < -0.4 is 0 Å². The Morgan fingerprint density at radius 1 is 0.500 bits per heavy atom. The second-order valence-corrected chi connectivity index (χ2v) is 12.6. The quantitative estimate of drug-likeness (QED) is 0.121. The Hall–Kier alpha value is -2.42. The highest BCUT2D eigenvalue weighted by Crippen LogP contribution is 2.38. The summed E-state index contributed by atoms with van der Waals surface area (Å²) in [6.45, 7) is 2.30. The van der Waals surface area contributed by atoms with Crippen LogP contribution in [-0.4, -0.2) is 0 Å². The minimum atomic E-state index is 1.23. The van der Waals surface area contributed by atoms with Crippen molar-refractivity contribution in [3.63, 3.8) is 0 Å². The Morgan fingerprint density at radius 2 is 1.11 bits per heavy atom. The van der Waals surface area contributed by atoms with E-state index < -0.39 is 0 Å². The normalized spacial score (nSPS) is 12.1. The fourth-order valence-electron chi connectivity index (χ4n) is 5.83. The smallest absolute Gasteiger partial charge is 0.0352 e. The number of hydrogen-bond donors (Lipinski definition) is 0. The maximum atomic E-state index is 2.45. The van der Waals surface area contributed by atoms with Gasteiger partial charge in [-0.3, -0.25) is 0 Å². The first kappa shape index (κ1) is 23.9. The van der Waals surface area contributed by atoms with Crippen LogP contribution in [0.4, 0.5) is 0 Å². The third kappa shape index (κ3) is 4.91. The van der Waals surface area contributed by atoms with Crippen LogP contribution in [0.1, 0.15) is 76.0 Å². The molecule has 2 heterocycles. The Kier molecular flexibility index (Phi) is 7.26. The molecule has 0 unspecified atom stereocenters. The van der Waals surface area contributed by atoms with Crippen LogP contribution in [0.5, 0.6) is 0 Å². The number of hydrogen-bond acceptors (Lipinski definition) is 2. The largest absolute Gasteiger partial charge is 0.144 e. The van der Waals surface area contributed by atoms with Gasteiger partial charge in [-0.15, -0.1) is 22.7 Å². The van der Waals surface area contributed by atoms with Crippen molar-refractivity contribution in [3.05, 3.63) is 70.9 Å². The summed E-state index contributed by atoms with van der Waals surface area (Å²) in [6.07, 6.45) is 15.3. The van der Waals surface area contributed by atoms with Gasteiger partial charge in [0.25, 0.3) is 0 Å². The molecule has 4 aromatic carbocycles. The van der Waals surface area contributed by atoms with Gasteiger partial charge < -0.3 is 0 Å². The molecule has 6 rings (SSSR count). The minimum absolute atomic E-state index is 1.23. The van der Waals surface area contributed by atoms with Crippen LogP contribution in [0.25, 0.3) is 52.5 Å². The van der Waals surface area contributed by atoms with Crippen molar-refractivity contribution in [1.82, 2.24) is 0 Å². The average Bonchev–Trinajstić information content (AvgIpc) is 3.52. The lowest BCUT2D eigenvalue weighted by Gasteiger charge is -2.08.